The Balaban J connectivity index is 3.96. The second kappa shape index (κ2) is 4.80. The average molecular weight is 184 g/mol. The second-order valence-electron chi connectivity index (χ2n) is 3.73. The molecule has 0 fully saturated rings. The third-order valence-corrected chi connectivity index (χ3v) is 1.09. The fourth-order valence-corrected chi connectivity index (χ4v) is 0.765. The van der Waals surface area contributed by atoms with Crippen molar-refractivity contribution in [3.63, 3.8) is 0 Å². The lowest BCUT2D eigenvalue weighted by atomic mass is 10.2. The molecule has 0 spiro atoms. The number of carbonyl (C=O) groups is 2. The molecule has 0 saturated carbocycles. The number of ether oxygens (including phenoxy) is 1. The standard InChI is InChI=1S/C10H16O3/c1-5-6-8(11)7-9(12)13-10(2,3)4/h5-6H,7H2,1-4H3. The maximum absolute atomic E-state index is 11.1. The van der Waals surface area contributed by atoms with E-state index in [1.54, 1.807) is 33.8 Å². The molecule has 3 heteroatoms. The topological polar surface area (TPSA) is 43.4 Å². The summed E-state index contributed by atoms with van der Waals surface area (Å²) in [7, 11) is 0. The normalized spacial score (nSPS) is 11.7. The Bertz CT molecular complexity index is 221. The van der Waals surface area contributed by atoms with Crippen molar-refractivity contribution in [1.82, 2.24) is 0 Å². The summed E-state index contributed by atoms with van der Waals surface area (Å²) >= 11 is 0. The van der Waals surface area contributed by atoms with Gasteiger partial charge >= 0.3 is 5.97 Å². The van der Waals surface area contributed by atoms with Crippen LogP contribution in [0.25, 0.3) is 0 Å². The summed E-state index contributed by atoms with van der Waals surface area (Å²) in [5, 5.41) is 0. The summed E-state index contributed by atoms with van der Waals surface area (Å²) in [5.41, 5.74) is -0.521. The zero-order valence-electron chi connectivity index (χ0n) is 8.59. The lowest BCUT2D eigenvalue weighted by Gasteiger charge is -2.18. The lowest BCUT2D eigenvalue weighted by molar-refractivity contribution is -0.155. The van der Waals surface area contributed by atoms with Gasteiger partial charge in [-0.2, -0.15) is 0 Å². The van der Waals surface area contributed by atoms with Gasteiger partial charge in [-0.05, 0) is 33.8 Å². The molecular formula is C10H16O3. The molecular weight excluding hydrogens is 168 g/mol. The van der Waals surface area contributed by atoms with Crippen molar-refractivity contribution in [3.05, 3.63) is 12.2 Å². The predicted molar refractivity (Wildman–Crippen MR) is 50.3 cm³/mol. The van der Waals surface area contributed by atoms with Gasteiger partial charge in [0.05, 0.1) is 0 Å². The average Bonchev–Trinajstić information content (AvgIpc) is 1.81. The smallest absolute Gasteiger partial charge is 0.314 e. The van der Waals surface area contributed by atoms with Crippen LogP contribution in [0, 0.1) is 0 Å². The number of carbonyl (C=O) groups excluding carboxylic acids is 2. The number of ketones is 1. The molecule has 0 bridgehead atoms. The molecule has 0 N–H and O–H groups in total. The van der Waals surface area contributed by atoms with E-state index in [1.165, 1.54) is 6.08 Å². The molecule has 0 saturated heterocycles. The molecule has 13 heavy (non-hydrogen) atoms. The van der Waals surface area contributed by atoms with E-state index in [4.69, 9.17) is 4.74 Å². The Labute approximate surface area is 78.8 Å². The highest BCUT2D eigenvalue weighted by molar-refractivity contribution is 6.01. The minimum atomic E-state index is -0.521. The Kier molecular flexibility index (Phi) is 4.38. The quantitative estimate of drug-likeness (QED) is 0.382. The summed E-state index contributed by atoms with van der Waals surface area (Å²) in [4.78, 5) is 22.0. The summed E-state index contributed by atoms with van der Waals surface area (Å²) in [6.07, 6.45) is 2.79. The summed E-state index contributed by atoms with van der Waals surface area (Å²) in [5.74, 6) is -0.702. The van der Waals surface area contributed by atoms with E-state index < -0.39 is 11.6 Å². The summed E-state index contributed by atoms with van der Waals surface area (Å²) in [6, 6.07) is 0. The van der Waals surface area contributed by atoms with Crippen LogP contribution in [-0.4, -0.2) is 17.4 Å². The Morgan fingerprint density at radius 1 is 1.31 bits per heavy atom. The van der Waals surface area contributed by atoms with Crippen LogP contribution in [0.1, 0.15) is 34.1 Å². The third kappa shape index (κ3) is 7.25. The molecule has 0 atom stereocenters. The van der Waals surface area contributed by atoms with Crippen LogP contribution in [0.4, 0.5) is 0 Å². The number of hydrogen-bond acceptors (Lipinski definition) is 3. The van der Waals surface area contributed by atoms with Gasteiger partial charge in [-0.3, -0.25) is 9.59 Å². The minimum Gasteiger partial charge on any atom is -0.460 e. The highest BCUT2D eigenvalue weighted by Crippen LogP contribution is 2.08. The third-order valence-electron chi connectivity index (χ3n) is 1.09. The van der Waals surface area contributed by atoms with Gasteiger partial charge in [0, 0.05) is 0 Å². The molecule has 74 valence electrons. The van der Waals surface area contributed by atoms with Crippen molar-refractivity contribution < 1.29 is 14.3 Å². The highest BCUT2D eigenvalue weighted by atomic mass is 16.6. The molecule has 0 unspecified atom stereocenters. The Morgan fingerprint density at radius 3 is 2.23 bits per heavy atom. The molecule has 0 aliphatic heterocycles. The van der Waals surface area contributed by atoms with Crippen LogP contribution in [0.15, 0.2) is 12.2 Å². The molecule has 0 rings (SSSR count). The summed E-state index contributed by atoms with van der Waals surface area (Å²) < 4.78 is 4.96. The molecule has 0 aromatic heterocycles. The highest BCUT2D eigenvalue weighted by Gasteiger charge is 2.17. The van der Waals surface area contributed by atoms with Gasteiger partial charge in [-0.15, -0.1) is 0 Å². The van der Waals surface area contributed by atoms with Crippen LogP contribution in [0.3, 0.4) is 0 Å². The number of hydrogen-bond donors (Lipinski definition) is 0. The Morgan fingerprint density at radius 2 is 1.85 bits per heavy atom. The van der Waals surface area contributed by atoms with Gasteiger partial charge in [0.25, 0.3) is 0 Å². The Hall–Kier alpha value is -1.12. The van der Waals surface area contributed by atoms with Crippen molar-refractivity contribution in [1.29, 1.82) is 0 Å². The lowest BCUT2D eigenvalue weighted by Crippen LogP contribution is -2.24. The van der Waals surface area contributed by atoms with Crippen LogP contribution in [-0.2, 0) is 14.3 Å². The van der Waals surface area contributed by atoms with Crippen molar-refractivity contribution >= 4 is 11.8 Å². The van der Waals surface area contributed by atoms with E-state index in [0.717, 1.165) is 0 Å². The molecule has 0 aliphatic carbocycles. The predicted octanol–water partition coefficient (Wildman–Crippen LogP) is 1.86. The van der Waals surface area contributed by atoms with Crippen LogP contribution < -0.4 is 0 Å². The maximum atomic E-state index is 11.1. The van der Waals surface area contributed by atoms with Crippen molar-refractivity contribution in [2.45, 2.75) is 39.7 Å². The van der Waals surface area contributed by atoms with E-state index in [2.05, 4.69) is 0 Å². The molecule has 3 nitrogen and oxygen atoms in total. The largest absolute Gasteiger partial charge is 0.460 e. The van der Waals surface area contributed by atoms with Gasteiger partial charge in [0.15, 0.2) is 5.78 Å². The number of rotatable bonds is 3. The van der Waals surface area contributed by atoms with Crippen LogP contribution in [0.2, 0.25) is 0 Å². The first-order chi connectivity index (χ1) is 5.85. The second-order valence-corrected chi connectivity index (χ2v) is 3.73. The van der Waals surface area contributed by atoms with E-state index >= 15 is 0 Å². The van der Waals surface area contributed by atoms with E-state index in [0.29, 0.717) is 0 Å². The van der Waals surface area contributed by atoms with Gasteiger partial charge in [-0.25, -0.2) is 0 Å². The van der Waals surface area contributed by atoms with Gasteiger partial charge < -0.3 is 4.74 Å². The van der Waals surface area contributed by atoms with Crippen molar-refractivity contribution in [3.8, 4) is 0 Å². The molecule has 0 amide bonds. The monoisotopic (exact) mass is 184 g/mol. The van der Waals surface area contributed by atoms with Gasteiger partial charge in [0.2, 0.25) is 0 Å². The van der Waals surface area contributed by atoms with Crippen molar-refractivity contribution in [2.75, 3.05) is 0 Å². The first-order valence-corrected chi connectivity index (χ1v) is 4.22. The SMILES string of the molecule is CC=CC(=O)CC(=O)OC(C)(C)C. The van der Waals surface area contributed by atoms with E-state index in [1.807, 2.05) is 0 Å². The number of esters is 1. The van der Waals surface area contributed by atoms with Gasteiger partial charge in [-0.1, -0.05) is 6.08 Å². The number of allylic oxidation sites excluding steroid dienone is 2. The molecule has 0 aromatic rings. The zero-order chi connectivity index (χ0) is 10.5. The molecule has 0 aromatic carbocycles. The first kappa shape index (κ1) is 11.9. The fourth-order valence-electron chi connectivity index (χ4n) is 0.765. The van der Waals surface area contributed by atoms with E-state index in [9.17, 15) is 9.59 Å². The summed E-state index contributed by atoms with van der Waals surface area (Å²) in [6.45, 7) is 7.04. The maximum Gasteiger partial charge on any atom is 0.314 e. The first-order valence-electron chi connectivity index (χ1n) is 4.22. The molecule has 0 heterocycles. The minimum absolute atomic E-state index is 0.179. The fraction of sp³-hybridized carbons (Fsp3) is 0.600. The van der Waals surface area contributed by atoms with Gasteiger partial charge in [0.1, 0.15) is 12.0 Å². The molecule has 0 radical (unpaired) electrons. The van der Waals surface area contributed by atoms with Crippen molar-refractivity contribution in [2.24, 2.45) is 0 Å². The zero-order valence-corrected chi connectivity index (χ0v) is 8.59. The van der Waals surface area contributed by atoms with E-state index in [-0.39, 0.29) is 12.2 Å². The van der Waals surface area contributed by atoms with Crippen LogP contribution in [0.5, 0.6) is 0 Å². The molecule has 0 aliphatic rings. The van der Waals surface area contributed by atoms with Crippen LogP contribution >= 0.6 is 0 Å².